The molecule has 0 atom stereocenters. The van der Waals surface area contributed by atoms with Crippen molar-refractivity contribution in [3.63, 3.8) is 0 Å². The predicted molar refractivity (Wildman–Crippen MR) is 89.8 cm³/mol. The van der Waals surface area contributed by atoms with E-state index in [0.29, 0.717) is 11.5 Å². The van der Waals surface area contributed by atoms with Gasteiger partial charge in [0.25, 0.3) is 11.5 Å². The van der Waals surface area contributed by atoms with E-state index in [4.69, 9.17) is 10.2 Å². The summed E-state index contributed by atoms with van der Waals surface area (Å²) in [5.74, 6) is -0.695. The van der Waals surface area contributed by atoms with Gasteiger partial charge >= 0.3 is 0 Å². The first-order valence-electron chi connectivity index (χ1n) is 7.35. The van der Waals surface area contributed by atoms with Crippen molar-refractivity contribution in [2.75, 3.05) is 5.32 Å². The zero-order valence-electron chi connectivity index (χ0n) is 13.0. The molecule has 0 spiro atoms. The Morgan fingerprint density at radius 1 is 1.12 bits per heavy atom. The van der Waals surface area contributed by atoms with Gasteiger partial charge in [0, 0.05) is 6.07 Å². The maximum absolute atomic E-state index is 12.2. The van der Waals surface area contributed by atoms with Gasteiger partial charge < -0.3 is 15.5 Å². The predicted octanol–water partition coefficient (Wildman–Crippen LogP) is 1.24. The molecular weight excluding hydrogens is 324 g/mol. The van der Waals surface area contributed by atoms with Crippen LogP contribution < -0.4 is 16.6 Å². The molecule has 3 aromatic rings. The molecule has 0 aliphatic carbocycles. The Morgan fingerprint density at radius 3 is 2.64 bits per heavy atom. The maximum atomic E-state index is 12.2. The number of aromatic nitrogens is 2. The monoisotopic (exact) mass is 338 g/mol. The molecule has 8 nitrogen and oxygen atoms in total. The number of amides is 2. The molecule has 2 amide bonds. The molecule has 3 N–H and O–H groups in total. The van der Waals surface area contributed by atoms with Crippen LogP contribution in [0.25, 0.3) is 11.5 Å². The Labute approximate surface area is 141 Å². The smallest absolute Gasteiger partial charge is 0.267 e. The number of para-hydroxylation sites is 1. The van der Waals surface area contributed by atoms with Crippen LogP contribution in [0, 0.1) is 0 Å². The summed E-state index contributed by atoms with van der Waals surface area (Å²) in [5.41, 5.74) is 5.72. The van der Waals surface area contributed by atoms with Crippen LogP contribution in [-0.2, 0) is 11.3 Å². The largest absolute Gasteiger partial charge is 0.463 e. The van der Waals surface area contributed by atoms with Crippen molar-refractivity contribution < 1.29 is 14.0 Å². The molecule has 0 saturated carbocycles. The van der Waals surface area contributed by atoms with Crippen LogP contribution in [-0.4, -0.2) is 21.6 Å². The van der Waals surface area contributed by atoms with Crippen LogP contribution in [0.5, 0.6) is 0 Å². The zero-order valence-corrected chi connectivity index (χ0v) is 13.0. The lowest BCUT2D eigenvalue weighted by atomic mass is 10.1. The molecule has 0 aliphatic rings. The summed E-state index contributed by atoms with van der Waals surface area (Å²) >= 11 is 0. The number of anilines is 1. The minimum atomic E-state index is -0.661. The van der Waals surface area contributed by atoms with Crippen molar-refractivity contribution in [1.29, 1.82) is 0 Å². The molecule has 2 heterocycles. The summed E-state index contributed by atoms with van der Waals surface area (Å²) in [5, 5.41) is 6.67. The highest BCUT2D eigenvalue weighted by molar-refractivity contribution is 6.02. The molecule has 3 rings (SSSR count). The second kappa shape index (κ2) is 6.83. The number of furan rings is 1. The number of primary amides is 1. The standard InChI is InChI=1S/C17H14N4O4/c18-17(24)11-4-1-2-5-12(11)19-15(22)10-21-16(23)8-7-13(20-21)14-6-3-9-25-14/h1-9H,10H2,(H2,18,24)(H,19,22). The highest BCUT2D eigenvalue weighted by Crippen LogP contribution is 2.16. The normalized spacial score (nSPS) is 10.4. The number of carbonyl (C=O) groups excluding carboxylic acids is 2. The minimum Gasteiger partial charge on any atom is -0.463 e. The molecule has 0 saturated heterocycles. The average Bonchev–Trinajstić information content (AvgIpc) is 3.11. The Hall–Kier alpha value is -3.68. The first-order valence-corrected chi connectivity index (χ1v) is 7.35. The molecule has 2 aromatic heterocycles. The van der Waals surface area contributed by atoms with Crippen LogP contribution in [0.2, 0.25) is 0 Å². The highest BCUT2D eigenvalue weighted by atomic mass is 16.3. The van der Waals surface area contributed by atoms with E-state index in [1.165, 1.54) is 24.5 Å². The van der Waals surface area contributed by atoms with Crippen molar-refractivity contribution in [2.24, 2.45) is 5.73 Å². The fourth-order valence-electron chi connectivity index (χ4n) is 2.25. The van der Waals surface area contributed by atoms with Gasteiger partial charge in [0.2, 0.25) is 5.91 Å². The number of benzene rings is 1. The summed E-state index contributed by atoms with van der Waals surface area (Å²) in [6.07, 6.45) is 1.49. The van der Waals surface area contributed by atoms with Crippen LogP contribution in [0.15, 0.2) is 64.0 Å². The molecule has 126 valence electrons. The van der Waals surface area contributed by atoms with Gasteiger partial charge in [-0.3, -0.25) is 14.4 Å². The Balaban J connectivity index is 1.81. The lowest BCUT2D eigenvalue weighted by Crippen LogP contribution is -2.30. The fourth-order valence-corrected chi connectivity index (χ4v) is 2.25. The number of nitrogens with two attached hydrogens (primary N) is 1. The van der Waals surface area contributed by atoms with E-state index in [-0.39, 0.29) is 17.8 Å². The number of nitrogens with zero attached hydrogens (tertiary/aromatic N) is 2. The number of rotatable bonds is 5. The van der Waals surface area contributed by atoms with Gasteiger partial charge in [0.05, 0.1) is 17.5 Å². The van der Waals surface area contributed by atoms with E-state index in [9.17, 15) is 14.4 Å². The van der Waals surface area contributed by atoms with E-state index in [0.717, 1.165) is 4.68 Å². The van der Waals surface area contributed by atoms with Gasteiger partial charge in [-0.2, -0.15) is 5.10 Å². The van der Waals surface area contributed by atoms with E-state index < -0.39 is 17.4 Å². The summed E-state index contributed by atoms with van der Waals surface area (Å²) in [4.78, 5) is 35.5. The van der Waals surface area contributed by atoms with Crippen LogP contribution in [0.3, 0.4) is 0 Å². The maximum Gasteiger partial charge on any atom is 0.267 e. The SMILES string of the molecule is NC(=O)c1ccccc1NC(=O)Cn1nc(-c2ccco2)ccc1=O. The van der Waals surface area contributed by atoms with Gasteiger partial charge in [-0.15, -0.1) is 0 Å². The number of hydrogen-bond acceptors (Lipinski definition) is 5. The summed E-state index contributed by atoms with van der Waals surface area (Å²) in [6.45, 7) is -0.319. The van der Waals surface area contributed by atoms with Gasteiger partial charge in [-0.05, 0) is 30.3 Å². The number of nitrogens with one attached hydrogen (secondary N) is 1. The molecule has 1 aromatic carbocycles. The topological polar surface area (TPSA) is 120 Å². The quantitative estimate of drug-likeness (QED) is 0.725. The van der Waals surface area contributed by atoms with E-state index in [2.05, 4.69) is 10.4 Å². The van der Waals surface area contributed by atoms with E-state index >= 15 is 0 Å². The number of carbonyl (C=O) groups is 2. The van der Waals surface area contributed by atoms with Gasteiger partial charge in [0.15, 0.2) is 5.76 Å². The highest BCUT2D eigenvalue weighted by Gasteiger charge is 2.13. The van der Waals surface area contributed by atoms with Crippen molar-refractivity contribution in [1.82, 2.24) is 9.78 Å². The second-order valence-electron chi connectivity index (χ2n) is 5.15. The van der Waals surface area contributed by atoms with Crippen molar-refractivity contribution >= 4 is 17.5 Å². The van der Waals surface area contributed by atoms with Crippen molar-refractivity contribution in [3.05, 3.63) is 70.7 Å². The van der Waals surface area contributed by atoms with Crippen LogP contribution in [0.1, 0.15) is 10.4 Å². The van der Waals surface area contributed by atoms with Crippen LogP contribution >= 0.6 is 0 Å². The molecule has 0 bridgehead atoms. The zero-order chi connectivity index (χ0) is 17.8. The molecule has 0 aliphatic heterocycles. The third kappa shape index (κ3) is 3.63. The second-order valence-corrected chi connectivity index (χ2v) is 5.15. The first-order chi connectivity index (χ1) is 12.0. The molecule has 0 fully saturated rings. The number of hydrogen-bond donors (Lipinski definition) is 2. The minimum absolute atomic E-state index is 0.181. The van der Waals surface area contributed by atoms with Gasteiger partial charge in [-0.1, -0.05) is 12.1 Å². The van der Waals surface area contributed by atoms with Crippen LogP contribution in [0.4, 0.5) is 5.69 Å². The Morgan fingerprint density at radius 2 is 1.92 bits per heavy atom. The molecule has 8 heteroatoms. The average molecular weight is 338 g/mol. The Kier molecular flexibility index (Phi) is 4.42. The third-order valence-corrected chi connectivity index (χ3v) is 3.40. The van der Waals surface area contributed by atoms with E-state index in [1.54, 1.807) is 30.3 Å². The van der Waals surface area contributed by atoms with Gasteiger partial charge in [0.1, 0.15) is 12.2 Å². The molecule has 25 heavy (non-hydrogen) atoms. The third-order valence-electron chi connectivity index (χ3n) is 3.40. The van der Waals surface area contributed by atoms with Crippen molar-refractivity contribution in [2.45, 2.75) is 6.54 Å². The summed E-state index contributed by atoms with van der Waals surface area (Å²) in [6, 6.07) is 12.5. The fraction of sp³-hybridized carbons (Fsp3) is 0.0588. The summed E-state index contributed by atoms with van der Waals surface area (Å²) in [7, 11) is 0. The van der Waals surface area contributed by atoms with Gasteiger partial charge in [-0.25, -0.2) is 4.68 Å². The Bertz CT molecular complexity index is 976. The lowest BCUT2D eigenvalue weighted by molar-refractivity contribution is -0.117. The first kappa shape index (κ1) is 16.2. The van der Waals surface area contributed by atoms with E-state index in [1.807, 2.05) is 0 Å². The van der Waals surface area contributed by atoms with Crippen molar-refractivity contribution in [3.8, 4) is 11.5 Å². The molecular formula is C17H14N4O4. The lowest BCUT2D eigenvalue weighted by Gasteiger charge is -2.10. The summed E-state index contributed by atoms with van der Waals surface area (Å²) < 4.78 is 6.24. The molecule has 0 radical (unpaired) electrons. The molecule has 0 unspecified atom stereocenters.